The third-order valence-corrected chi connectivity index (χ3v) is 7.44. The van der Waals surface area contributed by atoms with Crippen LogP contribution in [-0.2, 0) is 8.85 Å². The van der Waals surface area contributed by atoms with Crippen LogP contribution in [0.4, 0.5) is 0 Å². The predicted octanol–water partition coefficient (Wildman–Crippen LogP) is 3.06. The molecule has 0 aromatic carbocycles. The van der Waals surface area contributed by atoms with Crippen LogP contribution in [0.3, 0.4) is 0 Å². The fourth-order valence-corrected chi connectivity index (χ4v) is 4.49. The molecule has 0 saturated heterocycles. The van der Waals surface area contributed by atoms with Gasteiger partial charge in [-0.25, -0.2) is 0 Å². The number of halogens is 1. The highest BCUT2D eigenvalue weighted by atomic mass is 35.6. The molecule has 0 heterocycles. The standard InChI is InChI=1S/C11H19ClO2Si/c1-13-15(12,14-2)6-5-11-8-9-3-4-10(11)7-9/h3-4,9-11H,5-8H2,1-2H3. The normalized spacial score (nSPS) is 33.9. The van der Waals surface area contributed by atoms with E-state index in [4.69, 9.17) is 19.9 Å². The molecule has 4 heteroatoms. The van der Waals surface area contributed by atoms with E-state index in [0.29, 0.717) is 0 Å². The first kappa shape index (κ1) is 11.6. The molecule has 0 aromatic heterocycles. The van der Waals surface area contributed by atoms with Crippen molar-refractivity contribution in [2.24, 2.45) is 17.8 Å². The van der Waals surface area contributed by atoms with Crippen molar-refractivity contribution in [3.8, 4) is 0 Å². The van der Waals surface area contributed by atoms with Gasteiger partial charge in [0, 0.05) is 20.3 Å². The highest BCUT2D eigenvalue weighted by Crippen LogP contribution is 2.46. The van der Waals surface area contributed by atoms with Crippen LogP contribution in [0.2, 0.25) is 6.04 Å². The average Bonchev–Trinajstić information content (AvgIpc) is 2.87. The van der Waals surface area contributed by atoms with E-state index in [9.17, 15) is 0 Å². The van der Waals surface area contributed by atoms with Crippen molar-refractivity contribution < 1.29 is 8.85 Å². The molecule has 2 bridgehead atoms. The molecule has 2 rings (SSSR count). The second kappa shape index (κ2) is 4.58. The summed E-state index contributed by atoms with van der Waals surface area (Å²) in [7, 11) is 0.968. The maximum Gasteiger partial charge on any atom is 0.442 e. The highest BCUT2D eigenvalue weighted by Gasteiger charge is 2.39. The summed E-state index contributed by atoms with van der Waals surface area (Å²) in [5.74, 6) is 2.46. The number of hydrogen-bond donors (Lipinski definition) is 0. The van der Waals surface area contributed by atoms with Gasteiger partial charge in [0.15, 0.2) is 0 Å². The SMILES string of the molecule is CO[Si](Cl)(CCC1CC2C=CC1C2)OC. The monoisotopic (exact) mass is 246 g/mol. The molecule has 2 aliphatic carbocycles. The fraction of sp³-hybridized carbons (Fsp3) is 0.818. The molecule has 0 radical (unpaired) electrons. The first-order chi connectivity index (χ1) is 7.17. The van der Waals surface area contributed by atoms with Crippen molar-refractivity contribution in [2.75, 3.05) is 14.2 Å². The molecular weight excluding hydrogens is 228 g/mol. The number of allylic oxidation sites excluding steroid dienone is 2. The Morgan fingerprint density at radius 3 is 2.47 bits per heavy atom. The van der Waals surface area contributed by atoms with E-state index in [0.717, 1.165) is 30.2 Å². The topological polar surface area (TPSA) is 18.5 Å². The maximum atomic E-state index is 6.27. The summed E-state index contributed by atoms with van der Waals surface area (Å²) in [4.78, 5) is 0. The summed E-state index contributed by atoms with van der Waals surface area (Å²) in [5.41, 5.74) is 0. The lowest BCUT2D eigenvalue weighted by Gasteiger charge is -2.23. The minimum Gasteiger partial charge on any atom is -0.386 e. The first-order valence-electron chi connectivity index (χ1n) is 5.64. The van der Waals surface area contributed by atoms with Gasteiger partial charge < -0.3 is 8.85 Å². The molecule has 2 aliphatic rings. The van der Waals surface area contributed by atoms with Gasteiger partial charge in [-0.1, -0.05) is 23.2 Å². The quantitative estimate of drug-likeness (QED) is 0.422. The molecule has 0 N–H and O–H groups in total. The van der Waals surface area contributed by atoms with Crippen LogP contribution in [0.25, 0.3) is 0 Å². The van der Waals surface area contributed by atoms with Crippen molar-refractivity contribution in [1.29, 1.82) is 0 Å². The number of fused-ring (bicyclic) bond motifs is 2. The Balaban J connectivity index is 1.81. The van der Waals surface area contributed by atoms with Gasteiger partial charge in [-0.2, -0.15) is 0 Å². The lowest BCUT2D eigenvalue weighted by Crippen LogP contribution is -2.33. The van der Waals surface area contributed by atoms with E-state index in [1.807, 2.05) is 0 Å². The smallest absolute Gasteiger partial charge is 0.386 e. The van der Waals surface area contributed by atoms with Crippen molar-refractivity contribution in [2.45, 2.75) is 25.3 Å². The summed E-state index contributed by atoms with van der Waals surface area (Å²) < 4.78 is 10.6. The molecule has 15 heavy (non-hydrogen) atoms. The molecule has 0 aliphatic heterocycles. The van der Waals surface area contributed by atoms with E-state index in [1.54, 1.807) is 14.2 Å². The Morgan fingerprint density at radius 2 is 2.00 bits per heavy atom. The zero-order chi connectivity index (χ0) is 10.9. The Kier molecular flexibility index (Phi) is 3.55. The van der Waals surface area contributed by atoms with Crippen LogP contribution in [0, 0.1) is 17.8 Å². The van der Waals surface area contributed by atoms with Crippen LogP contribution in [0.15, 0.2) is 12.2 Å². The second-order valence-corrected chi connectivity index (χ2v) is 9.01. The van der Waals surface area contributed by atoms with Gasteiger partial charge in [0.1, 0.15) is 0 Å². The largest absolute Gasteiger partial charge is 0.442 e. The summed E-state index contributed by atoms with van der Waals surface area (Å²) in [5, 5.41) is 0. The molecule has 1 saturated carbocycles. The van der Waals surface area contributed by atoms with Crippen molar-refractivity contribution in [1.82, 2.24) is 0 Å². The highest BCUT2D eigenvalue weighted by molar-refractivity contribution is 7.12. The molecule has 3 unspecified atom stereocenters. The van der Waals surface area contributed by atoms with Gasteiger partial charge in [0.05, 0.1) is 0 Å². The molecular formula is C11H19ClO2Si. The molecule has 86 valence electrons. The second-order valence-electron chi connectivity index (χ2n) is 4.65. The summed E-state index contributed by atoms with van der Waals surface area (Å²) in [6, 6.07) is 0.906. The Hall–Kier alpha value is 0.167. The van der Waals surface area contributed by atoms with Crippen LogP contribution in [0.5, 0.6) is 0 Å². The Labute approximate surface area is 97.6 Å². The van der Waals surface area contributed by atoms with Gasteiger partial charge in [-0.3, -0.25) is 0 Å². The van der Waals surface area contributed by atoms with E-state index < -0.39 is 7.87 Å². The molecule has 3 atom stereocenters. The molecule has 1 fully saturated rings. The molecule has 0 aromatic rings. The zero-order valence-electron chi connectivity index (χ0n) is 9.41. The van der Waals surface area contributed by atoms with Crippen LogP contribution >= 0.6 is 11.1 Å². The zero-order valence-corrected chi connectivity index (χ0v) is 11.2. The average molecular weight is 247 g/mol. The summed E-state index contributed by atoms with van der Waals surface area (Å²) in [6.45, 7) is 0. The molecule has 0 amide bonds. The van der Waals surface area contributed by atoms with Gasteiger partial charge in [0.2, 0.25) is 0 Å². The van der Waals surface area contributed by atoms with Gasteiger partial charge in [-0.05, 0) is 37.0 Å². The number of rotatable bonds is 5. The fourth-order valence-electron chi connectivity index (χ4n) is 2.87. The van der Waals surface area contributed by atoms with Crippen LogP contribution < -0.4 is 0 Å². The third-order valence-electron chi connectivity index (χ3n) is 3.84. The molecule has 0 spiro atoms. The lowest BCUT2D eigenvalue weighted by molar-refractivity contribution is 0.259. The Bertz CT molecular complexity index is 253. The predicted molar refractivity (Wildman–Crippen MR) is 63.9 cm³/mol. The van der Waals surface area contributed by atoms with E-state index >= 15 is 0 Å². The summed E-state index contributed by atoms with van der Waals surface area (Å²) >= 11 is 6.27. The van der Waals surface area contributed by atoms with Crippen molar-refractivity contribution >= 4 is 18.9 Å². The minimum absolute atomic E-state index is 0.804. The van der Waals surface area contributed by atoms with Gasteiger partial charge >= 0.3 is 7.87 Å². The van der Waals surface area contributed by atoms with Crippen LogP contribution in [-0.4, -0.2) is 22.1 Å². The maximum absolute atomic E-state index is 6.27. The third kappa shape index (κ3) is 2.47. The summed E-state index contributed by atoms with van der Waals surface area (Å²) in [6.07, 6.45) is 8.62. The van der Waals surface area contributed by atoms with Crippen molar-refractivity contribution in [3.63, 3.8) is 0 Å². The van der Waals surface area contributed by atoms with Gasteiger partial charge in [0.25, 0.3) is 0 Å². The van der Waals surface area contributed by atoms with E-state index in [2.05, 4.69) is 12.2 Å². The van der Waals surface area contributed by atoms with E-state index in [1.165, 1.54) is 12.8 Å². The lowest BCUT2D eigenvalue weighted by atomic mass is 9.91. The van der Waals surface area contributed by atoms with E-state index in [-0.39, 0.29) is 0 Å². The van der Waals surface area contributed by atoms with Crippen LogP contribution in [0.1, 0.15) is 19.3 Å². The van der Waals surface area contributed by atoms with Gasteiger partial charge in [-0.15, -0.1) is 0 Å². The Morgan fingerprint density at radius 1 is 1.27 bits per heavy atom. The molecule has 2 nitrogen and oxygen atoms in total. The minimum atomic E-state index is -2.34. The first-order valence-corrected chi connectivity index (χ1v) is 8.68. The number of hydrogen-bond acceptors (Lipinski definition) is 2. The van der Waals surface area contributed by atoms with Crippen molar-refractivity contribution in [3.05, 3.63) is 12.2 Å².